The van der Waals surface area contributed by atoms with Crippen molar-refractivity contribution in [3.05, 3.63) is 66.8 Å². The number of hydrogen-bond acceptors (Lipinski definition) is 3. The lowest BCUT2D eigenvalue weighted by atomic mass is 10.1. The van der Waals surface area contributed by atoms with E-state index in [2.05, 4.69) is 33.3 Å². The fraction of sp³-hybridized carbons (Fsp3) is 0.286. The highest BCUT2D eigenvalue weighted by Crippen LogP contribution is 2.28. The topological polar surface area (TPSA) is 74.6 Å². The summed E-state index contributed by atoms with van der Waals surface area (Å²) in [6, 6.07) is 9.89. The average molecular weight is 494 g/mol. The zero-order valence-corrected chi connectivity index (χ0v) is 18.4. The van der Waals surface area contributed by atoms with Crippen molar-refractivity contribution in [2.45, 2.75) is 12.8 Å². The van der Waals surface area contributed by atoms with Gasteiger partial charge < -0.3 is 24.8 Å². The Balaban J connectivity index is 0.00000280. The second-order valence-electron chi connectivity index (χ2n) is 6.10. The second kappa shape index (κ2) is 11.4. The van der Waals surface area contributed by atoms with Crippen LogP contribution < -0.4 is 15.4 Å². The van der Waals surface area contributed by atoms with E-state index in [-0.39, 0.29) is 24.0 Å². The van der Waals surface area contributed by atoms with Gasteiger partial charge in [0.05, 0.1) is 13.4 Å². The van der Waals surface area contributed by atoms with E-state index in [1.54, 1.807) is 13.4 Å². The fourth-order valence-corrected chi connectivity index (χ4v) is 2.98. The SMILES string of the molecule is C=CCNC(=NCCc1ccco1)NCCc1c[nH]c2cccc(OC)c12.I. The molecule has 0 fully saturated rings. The van der Waals surface area contributed by atoms with E-state index in [0.29, 0.717) is 13.1 Å². The molecule has 0 spiro atoms. The van der Waals surface area contributed by atoms with Gasteiger partial charge in [-0.05, 0) is 36.2 Å². The molecule has 0 radical (unpaired) electrons. The van der Waals surface area contributed by atoms with Crippen LogP contribution in [0.5, 0.6) is 5.75 Å². The van der Waals surface area contributed by atoms with Gasteiger partial charge in [0.15, 0.2) is 5.96 Å². The summed E-state index contributed by atoms with van der Waals surface area (Å²) in [6.45, 7) is 5.82. The number of ether oxygens (including phenoxy) is 1. The lowest BCUT2D eigenvalue weighted by Gasteiger charge is -2.11. The molecule has 150 valence electrons. The van der Waals surface area contributed by atoms with Gasteiger partial charge in [-0.2, -0.15) is 0 Å². The molecular formula is C21H27IN4O2. The van der Waals surface area contributed by atoms with E-state index in [1.165, 1.54) is 5.56 Å². The summed E-state index contributed by atoms with van der Waals surface area (Å²) in [5.41, 5.74) is 2.30. The molecule has 3 aromatic rings. The maximum absolute atomic E-state index is 5.50. The van der Waals surface area contributed by atoms with Crippen LogP contribution in [0.25, 0.3) is 10.9 Å². The Hall–Kier alpha value is -2.42. The first-order valence-corrected chi connectivity index (χ1v) is 9.10. The van der Waals surface area contributed by atoms with Crippen LogP contribution in [0, 0.1) is 0 Å². The monoisotopic (exact) mass is 494 g/mol. The van der Waals surface area contributed by atoms with Crippen molar-refractivity contribution in [1.82, 2.24) is 15.6 Å². The van der Waals surface area contributed by atoms with E-state index in [1.807, 2.05) is 36.5 Å². The molecule has 2 aromatic heterocycles. The third-order valence-corrected chi connectivity index (χ3v) is 4.28. The Kier molecular flexibility index (Phi) is 8.93. The molecule has 7 heteroatoms. The molecule has 6 nitrogen and oxygen atoms in total. The summed E-state index contributed by atoms with van der Waals surface area (Å²) in [7, 11) is 1.70. The minimum Gasteiger partial charge on any atom is -0.496 e. The fourth-order valence-electron chi connectivity index (χ4n) is 2.98. The number of nitrogens with zero attached hydrogens (tertiary/aromatic N) is 1. The molecule has 3 N–H and O–H groups in total. The number of aliphatic imine (C=N–C) groups is 1. The number of furan rings is 1. The molecule has 0 saturated carbocycles. The zero-order chi connectivity index (χ0) is 18.9. The minimum atomic E-state index is 0. The summed E-state index contributed by atoms with van der Waals surface area (Å²) < 4.78 is 10.8. The van der Waals surface area contributed by atoms with Gasteiger partial charge in [-0.3, -0.25) is 4.99 Å². The van der Waals surface area contributed by atoms with Crippen molar-refractivity contribution in [1.29, 1.82) is 0 Å². The van der Waals surface area contributed by atoms with E-state index in [4.69, 9.17) is 9.15 Å². The number of aromatic nitrogens is 1. The Morgan fingerprint density at radius 2 is 2.14 bits per heavy atom. The summed E-state index contributed by atoms with van der Waals surface area (Å²) in [5.74, 6) is 2.60. The third-order valence-electron chi connectivity index (χ3n) is 4.28. The number of hydrogen-bond donors (Lipinski definition) is 3. The van der Waals surface area contributed by atoms with Gasteiger partial charge in [0.2, 0.25) is 0 Å². The standard InChI is InChI=1S/C21H26N4O2.HI/c1-3-11-22-21(24-13-10-17-6-5-14-27-17)23-12-9-16-15-25-18-7-4-8-19(26-2)20(16)18;/h3-8,14-15,25H,1,9-13H2,2H3,(H2,22,23,24);1H. The molecule has 0 aliphatic rings. The quantitative estimate of drug-likeness (QED) is 0.183. The largest absolute Gasteiger partial charge is 0.496 e. The van der Waals surface area contributed by atoms with Crippen LogP contribution in [0.1, 0.15) is 11.3 Å². The summed E-state index contributed by atoms with van der Waals surface area (Å²) in [5, 5.41) is 7.76. The van der Waals surface area contributed by atoms with Crippen LogP contribution in [-0.2, 0) is 12.8 Å². The molecule has 1 aromatic carbocycles. The lowest BCUT2D eigenvalue weighted by molar-refractivity contribution is 0.419. The normalized spacial score (nSPS) is 11.1. The van der Waals surface area contributed by atoms with Gasteiger partial charge in [0.25, 0.3) is 0 Å². The number of methoxy groups -OCH3 is 1. The molecule has 2 heterocycles. The van der Waals surface area contributed by atoms with Gasteiger partial charge in [0.1, 0.15) is 11.5 Å². The Morgan fingerprint density at radius 1 is 1.25 bits per heavy atom. The van der Waals surface area contributed by atoms with Gasteiger partial charge in [-0.15, -0.1) is 30.6 Å². The molecule has 0 bridgehead atoms. The molecule has 0 unspecified atom stereocenters. The van der Waals surface area contributed by atoms with Crippen LogP contribution in [0.3, 0.4) is 0 Å². The van der Waals surface area contributed by atoms with Crippen LogP contribution in [0.2, 0.25) is 0 Å². The molecule has 0 aliphatic heterocycles. The van der Waals surface area contributed by atoms with Gasteiger partial charge in [-0.25, -0.2) is 0 Å². The van der Waals surface area contributed by atoms with E-state index in [0.717, 1.165) is 47.8 Å². The van der Waals surface area contributed by atoms with Crippen molar-refractivity contribution in [2.24, 2.45) is 4.99 Å². The second-order valence-corrected chi connectivity index (χ2v) is 6.10. The Labute approximate surface area is 182 Å². The summed E-state index contributed by atoms with van der Waals surface area (Å²) in [6.07, 6.45) is 7.17. The number of halogens is 1. The molecule has 0 saturated heterocycles. The van der Waals surface area contributed by atoms with E-state index in [9.17, 15) is 0 Å². The van der Waals surface area contributed by atoms with Gasteiger partial charge in [0, 0.05) is 43.2 Å². The van der Waals surface area contributed by atoms with Gasteiger partial charge >= 0.3 is 0 Å². The number of H-pyrrole nitrogens is 1. The predicted octanol–water partition coefficient (Wildman–Crippen LogP) is 3.89. The smallest absolute Gasteiger partial charge is 0.191 e. The minimum absolute atomic E-state index is 0. The predicted molar refractivity (Wildman–Crippen MR) is 125 cm³/mol. The number of rotatable bonds is 9. The van der Waals surface area contributed by atoms with E-state index >= 15 is 0 Å². The maximum Gasteiger partial charge on any atom is 0.191 e. The summed E-state index contributed by atoms with van der Waals surface area (Å²) >= 11 is 0. The van der Waals surface area contributed by atoms with Crippen LogP contribution in [0.4, 0.5) is 0 Å². The summed E-state index contributed by atoms with van der Waals surface area (Å²) in [4.78, 5) is 7.91. The highest BCUT2D eigenvalue weighted by atomic mass is 127. The first-order valence-electron chi connectivity index (χ1n) is 9.10. The Morgan fingerprint density at radius 3 is 2.89 bits per heavy atom. The lowest BCUT2D eigenvalue weighted by Crippen LogP contribution is -2.38. The molecule has 3 rings (SSSR count). The molecule has 28 heavy (non-hydrogen) atoms. The number of aromatic amines is 1. The zero-order valence-electron chi connectivity index (χ0n) is 16.0. The molecule has 0 atom stereocenters. The maximum atomic E-state index is 5.50. The van der Waals surface area contributed by atoms with E-state index < -0.39 is 0 Å². The molecule has 0 amide bonds. The Bertz CT molecular complexity index is 887. The van der Waals surface area contributed by atoms with Gasteiger partial charge in [-0.1, -0.05) is 12.1 Å². The van der Waals surface area contributed by atoms with Crippen LogP contribution in [0.15, 0.2) is 64.9 Å². The van der Waals surface area contributed by atoms with Crippen molar-refractivity contribution in [3.8, 4) is 5.75 Å². The first kappa shape index (κ1) is 21.9. The number of benzene rings is 1. The van der Waals surface area contributed by atoms with Crippen molar-refractivity contribution >= 4 is 40.8 Å². The molecule has 0 aliphatic carbocycles. The highest BCUT2D eigenvalue weighted by molar-refractivity contribution is 14.0. The van der Waals surface area contributed by atoms with Crippen molar-refractivity contribution in [3.63, 3.8) is 0 Å². The first-order chi connectivity index (χ1) is 13.3. The highest BCUT2D eigenvalue weighted by Gasteiger charge is 2.09. The van der Waals surface area contributed by atoms with Crippen molar-refractivity contribution < 1.29 is 9.15 Å². The third kappa shape index (κ3) is 5.79. The molecular weight excluding hydrogens is 467 g/mol. The van der Waals surface area contributed by atoms with Crippen LogP contribution in [-0.4, -0.2) is 37.7 Å². The number of guanidine groups is 1. The number of fused-ring (bicyclic) bond motifs is 1. The van der Waals surface area contributed by atoms with Crippen molar-refractivity contribution in [2.75, 3.05) is 26.7 Å². The number of nitrogens with one attached hydrogen (secondary N) is 3. The average Bonchev–Trinajstić information content (AvgIpc) is 3.35. The van der Waals surface area contributed by atoms with Crippen LogP contribution >= 0.6 is 24.0 Å².